The van der Waals surface area contributed by atoms with Crippen molar-refractivity contribution >= 4 is 16.9 Å². The molecule has 0 radical (unpaired) electrons. The van der Waals surface area contributed by atoms with Gasteiger partial charge in [-0.2, -0.15) is 0 Å². The van der Waals surface area contributed by atoms with Crippen molar-refractivity contribution in [3.63, 3.8) is 0 Å². The minimum Gasteiger partial charge on any atom is -0.490 e. The maximum Gasteiger partial charge on any atom is 0.290 e. The summed E-state index contributed by atoms with van der Waals surface area (Å²) in [6.07, 6.45) is 0. The van der Waals surface area contributed by atoms with E-state index in [0.717, 1.165) is 22.3 Å². The van der Waals surface area contributed by atoms with Gasteiger partial charge in [0.25, 0.3) is 5.91 Å². The van der Waals surface area contributed by atoms with Gasteiger partial charge in [0.15, 0.2) is 16.9 Å². The molecule has 5 rings (SSSR count). The monoisotopic (exact) mass is 513 g/mol. The van der Waals surface area contributed by atoms with Gasteiger partial charge in [-0.1, -0.05) is 36.4 Å². The van der Waals surface area contributed by atoms with Crippen LogP contribution in [0.4, 0.5) is 0 Å². The van der Waals surface area contributed by atoms with Crippen molar-refractivity contribution in [1.82, 2.24) is 4.90 Å². The highest BCUT2D eigenvalue weighted by Crippen LogP contribution is 2.41. The Morgan fingerprint density at radius 3 is 2.42 bits per heavy atom. The number of benzene rings is 3. The fraction of sp³-hybridized carbons (Fsp3) is 0.290. The van der Waals surface area contributed by atoms with Crippen LogP contribution >= 0.6 is 0 Å². The van der Waals surface area contributed by atoms with Crippen molar-refractivity contribution < 1.29 is 23.4 Å². The number of ether oxygens (including phenoxy) is 3. The third kappa shape index (κ3) is 4.65. The zero-order valence-corrected chi connectivity index (χ0v) is 22.1. The summed E-state index contributed by atoms with van der Waals surface area (Å²) in [7, 11) is 1.58. The molecule has 0 N–H and O–H groups in total. The van der Waals surface area contributed by atoms with Gasteiger partial charge in [-0.25, -0.2) is 0 Å². The molecular weight excluding hydrogens is 482 g/mol. The first kappa shape index (κ1) is 25.5. The van der Waals surface area contributed by atoms with Crippen LogP contribution in [0.1, 0.15) is 51.3 Å². The van der Waals surface area contributed by atoms with Crippen LogP contribution in [-0.2, 0) is 11.3 Å². The smallest absolute Gasteiger partial charge is 0.290 e. The van der Waals surface area contributed by atoms with E-state index in [0.29, 0.717) is 54.4 Å². The van der Waals surface area contributed by atoms with E-state index in [4.69, 9.17) is 18.6 Å². The molecule has 38 heavy (non-hydrogen) atoms. The van der Waals surface area contributed by atoms with E-state index in [9.17, 15) is 9.59 Å². The van der Waals surface area contributed by atoms with Crippen LogP contribution in [0.2, 0.25) is 0 Å². The number of nitrogens with zero attached hydrogens (tertiary/aromatic N) is 1. The van der Waals surface area contributed by atoms with E-state index in [1.165, 1.54) is 0 Å². The van der Waals surface area contributed by atoms with Crippen LogP contribution in [0.15, 0.2) is 69.9 Å². The number of carbonyl (C=O) groups excluding carboxylic acids is 1. The number of aryl methyl sites for hydroxylation is 2. The summed E-state index contributed by atoms with van der Waals surface area (Å²) in [4.78, 5) is 29.0. The van der Waals surface area contributed by atoms with Crippen LogP contribution in [-0.4, -0.2) is 37.7 Å². The Kier molecular flexibility index (Phi) is 7.20. The van der Waals surface area contributed by atoms with Crippen LogP contribution < -0.4 is 14.9 Å². The lowest BCUT2D eigenvalue weighted by molar-refractivity contribution is 0.0663. The summed E-state index contributed by atoms with van der Waals surface area (Å²) in [6.45, 7) is 7.25. The Balaban J connectivity index is 1.61. The molecule has 7 heteroatoms. The molecule has 196 valence electrons. The molecule has 0 saturated carbocycles. The number of hydrogen-bond donors (Lipinski definition) is 0. The summed E-state index contributed by atoms with van der Waals surface area (Å²) in [5.41, 5.74) is 4.30. The number of methoxy groups -OCH3 is 1. The summed E-state index contributed by atoms with van der Waals surface area (Å²) in [5.74, 6) is 0.880. The first-order valence-corrected chi connectivity index (χ1v) is 12.7. The van der Waals surface area contributed by atoms with Crippen LogP contribution in [0.3, 0.4) is 0 Å². The van der Waals surface area contributed by atoms with Gasteiger partial charge in [0.1, 0.15) is 12.2 Å². The standard InChI is InChI=1S/C31H31NO6/c1-5-36-26-17-22(11-12-24(26)37-18-21-9-7-6-8-10-21)28-27-29(33)23-15-19(2)20(3)16-25(23)38-30(27)31(34)32(28)13-14-35-4/h6-12,15-17,28H,5,13-14,18H2,1-4H3. The molecule has 1 aliphatic heterocycles. The maximum atomic E-state index is 13.8. The summed E-state index contributed by atoms with van der Waals surface area (Å²) < 4.78 is 23.4. The Morgan fingerprint density at radius 2 is 1.68 bits per heavy atom. The normalized spacial score (nSPS) is 14.7. The molecule has 1 amide bonds. The second kappa shape index (κ2) is 10.7. The van der Waals surface area contributed by atoms with Gasteiger partial charge in [0.2, 0.25) is 5.76 Å². The van der Waals surface area contributed by atoms with Gasteiger partial charge in [0, 0.05) is 13.7 Å². The van der Waals surface area contributed by atoms with Gasteiger partial charge in [0.05, 0.1) is 30.2 Å². The van der Waals surface area contributed by atoms with Crippen LogP contribution in [0.25, 0.3) is 11.0 Å². The minimum absolute atomic E-state index is 0.0780. The SMILES string of the molecule is CCOc1cc(C2c3c(oc4cc(C)c(C)cc4c3=O)C(=O)N2CCOC)ccc1OCc1ccccc1. The fourth-order valence-corrected chi connectivity index (χ4v) is 4.86. The lowest BCUT2D eigenvalue weighted by Gasteiger charge is -2.25. The minimum atomic E-state index is -0.641. The topological polar surface area (TPSA) is 78.2 Å². The van der Waals surface area contributed by atoms with Gasteiger partial charge in [-0.05, 0) is 67.3 Å². The first-order chi connectivity index (χ1) is 18.4. The third-order valence-corrected chi connectivity index (χ3v) is 6.94. The molecule has 1 aliphatic rings. The Morgan fingerprint density at radius 1 is 0.921 bits per heavy atom. The average molecular weight is 514 g/mol. The Hall–Kier alpha value is -4.10. The molecule has 0 bridgehead atoms. The van der Waals surface area contributed by atoms with Crippen molar-refractivity contribution in [2.45, 2.75) is 33.4 Å². The molecule has 4 aromatic rings. The average Bonchev–Trinajstić information content (AvgIpc) is 3.20. The third-order valence-electron chi connectivity index (χ3n) is 6.94. The van der Waals surface area contributed by atoms with Crippen molar-refractivity contribution in [1.29, 1.82) is 0 Å². The second-order valence-electron chi connectivity index (χ2n) is 9.41. The number of amides is 1. The molecule has 0 fully saturated rings. The largest absolute Gasteiger partial charge is 0.490 e. The molecule has 1 atom stereocenters. The number of carbonyl (C=O) groups is 1. The number of hydrogen-bond acceptors (Lipinski definition) is 6. The molecule has 3 aromatic carbocycles. The molecular formula is C31H31NO6. The summed E-state index contributed by atoms with van der Waals surface area (Å²) in [6, 6.07) is 18.4. The lowest BCUT2D eigenvalue weighted by atomic mass is 9.97. The van der Waals surface area contributed by atoms with Crippen LogP contribution in [0.5, 0.6) is 11.5 Å². The highest BCUT2D eigenvalue weighted by molar-refractivity contribution is 5.99. The maximum absolute atomic E-state index is 13.8. The molecule has 1 unspecified atom stereocenters. The predicted molar refractivity (Wildman–Crippen MR) is 145 cm³/mol. The number of rotatable bonds is 9. The predicted octanol–water partition coefficient (Wildman–Crippen LogP) is 5.58. The van der Waals surface area contributed by atoms with Crippen molar-refractivity contribution in [3.8, 4) is 11.5 Å². The van der Waals surface area contributed by atoms with Gasteiger partial charge < -0.3 is 23.5 Å². The van der Waals surface area contributed by atoms with Gasteiger partial charge in [-0.3, -0.25) is 9.59 Å². The van der Waals surface area contributed by atoms with E-state index in [2.05, 4.69) is 0 Å². The highest BCUT2D eigenvalue weighted by atomic mass is 16.5. The van der Waals surface area contributed by atoms with Crippen molar-refractivity contribution in [2.75, 3.05) is 26.9 Å². The van der Waals surface area contributed by atoms with Gasteiger partial charge >= 0.3 is 0 Å². The highest BCUT2D eigenvalue weighted by Gasteiger charge is 2.42. The van der Waals surface area contributed by atoms with Crippen LogP contribution in [0, 0.1) is 13.8 Å². The zero-order valence-electron chi connectivity index (χ0n) is 22.1. The summed E-state index contributed by atoms with van der Waals surface area (Å²) in [5, 5.41) is 0.464. The molecule has 1 aromatic heterocycles. The lowest BCUT2D eigenvalue weighted by Crippen LogP contribution is -2.32. The molecule has 7 nitrogen and oxygen atoms in total. The van der Waals surface area contributed by atoms with E-state index in [1.807, 2.05) is 81.4 Å². The number of fused-ring (bicyclic) bond motifs is 2. The van der Waals surface area contributed by atoms with E-state index in [-0.39, 0.29) is 17.1 Å². The Bertz CT molecular complexity index is 1540. The first-order valence-electron chi connectivity index (χ1n) is 12.7. The summed E-state index contributed by atoms with van der Waals surface area (Å²) >= 11 is 0. The second-order valence-corrected chi connectivity index (χ2v) is 9.41. The molecule has 0 spiro atoms. The molecule has 2 heterocycles. The van der Waals surface area contributed by atoms with E-state index in [1.54, 1.807) is 12.0 Å². The van der Waals surface area contributed by atoms with Gasteiger partial charge in [-0.15, -0.1) is 0 Å². The molecule has 0 saturated heterocycles. The van der Waals surface area contributed by atoms with E-state index < -0.39 is 6.04 Å². The Labute approximate surface area is 221 Å². The zero-order chi connectivity index (χ0) is 26.8. The molecule has 0 aliphatic carbocycles. The van der Waals surface area contributed by atoms with E-state index >= 15 is 0 Å². The fourth-order valence-electron chi connectivity index (χ4n) is 4.86. The quantitative estimate of drug-likeness (QED) is 0.291. The van der Waals surface area contributed by atoms with Crippen molar-refractivity contribution in [3.05, 3.63) is 104 Å². The van der Waals surface area contributed by atoms with Crippen molar-refractivity contribution in [2.24, 2.45) is 0 Å².